The van der Waals surface area contributed by atoms with Crippen LogP contribution in [0.25, 0.3) is 10.9 Å². The first-order valence-corrected chi connectivity index (χ1v) is 6.11. The van der Waals surface area contributed by atoms with Gasteiger partial charge in [0.1, 0.15) is 0 Å². The molecule has 1 heterocycles. The van der Waals surface area contributed by atoms with Gasteiger partial charge >= 0.3 is 0 Å². The lowest BCUT2D eigenvalue weighted by Crippen LogP contribution is -2.26. The van der Waals surface area contributed by atoms with Crippen molar-refractivity contribution in [2.75, 3.05) is 6.54 Å². The van der Waals surface area contributed by atoms with Crippen molar-refractivity contribution < 1.29 is 4.79 Å². The van der Waals surface area contributed by atoms with Gasteiger partial charge in [-0.25, -0.2) is 0 Å². The van der Waals surface area contributed by atoms with Crippen LogP contribution in [0.3, 0.4) is 0 Å². The Labute approximate surface area is 112 Å². The molecule has 1 amide bonds. The van der Waals surface area contributed by atoms with Crippen LogP contribution in [0.5, 0.6) is 0 Å². The zero-order valence-corrected chi connectivity index (χ0v) is 11.1. The van der Waals surface area contributed by atoms with Crippen molar-refractivity contribution in [3.63, 3.8) is 0 Å². The Morgan fingerprint density at radius 2 is 2.11 bits per heavy atom. The molecule has 0 bridgehead atoms. The predicted octanol–water partition coefficient (Wildman–Crippen LogP) is 2.17. The monoisotopic (exact) mass is 306 g/mol. The molecule has 0 saturated heterocycles. The summed E-state index contributed by atoms with van der Waals surface area (Å²) in [6.45, 7) is 3.95. The molecule has 2 rings (SSSR count). The summed E-state index contributed by atoms with van der Waals surface area (Å²) in [5.41, 5.74) is 0.715. The Hall–Kier alpha value is -1.88. The Morgan fingerprint density at radius 3 is 2.83 bits per heavy atom. The second-order valence-electron chi connectivity index (χ2n) is 3.79. The zero-order valence-electron chi connectivity index (χ0n) is 9.50. The van der Waals surface area contributed by atoms with E-state index in [9.17, 15) is 9.59 Å². The number of fused-ring (bicyclic) bond motifs is 1. The molecule has 0 aliphatic heterocycles. The zero-order chi connectivity index (χ0) is 13.1. The molecule has 1 aromatic carbocycles. The van der Waals surface area contributed by atoms with Gasteiger partial charge in [-0.2, -0.15) is 0 Å². The van der Waals surface area contributed by atoms with Crippen molar-refractivity contribution in [1.82, 2.24) is 10.3 Å². The minimum absolute atomic E-state index is 0.294. The van der Waals surface area contributed by atoms with Crippen molar-refractivity contribution in [2.24, 2.45) is 0 Å². The van der Waals surface area contributed by atoms with Gasteiger partial charge in [-0.3, -0.25) is 9.59 Å². The number of carbonyl (C=O) groups excluding carboxylic acids is 1. The van der Waals surface area contributed by atoms with Crippen LogP contribution in [0.2, 0.25) is 0 Å². The van der Waals surface area contributed by atoms with E-state index in [1.807, 2.05) is 6.07 Å². The Bertz CT molecular complexity index is 676. The number of carbonyl (C=O) groups is 1. The molecular formula is C13H11BrN2O2. The smallest absolute Gasteiger partial charge is 0.252 e. The van der Waals surface area contributed by atoms with Gasteiger partial charge in [0, 0.05) is 28.0 Å². The summed E-state index contributed by atoms with van der Waals surface area (Å²) >= 11 is 3.16. The van der Waals surface area contributed by atoms with E-state index in [1.165, 1.54) is 6.07 Å². The molecule has 0 unspecified atom stereocenters. The first-order valence-electron chi connectivity index (χ1n) is 5.31. The van der Waals surface area contributed by atoms with Crippen molar-refractivity contribution in [3.8, 4) is 0 Å². The molecule has 0 radical (unpaired) electrons. The highest BCUT2D eigenvalue weighted by Crippen LogP contribution is 2.14. The average Bonchev–Trinajstić information content (AvgIpc) is 2.34. The normalized spacial score (nSPS) is 10.3. The summed E-state index contributed by atoms with van der Waals surface area (Å²) < 4.78 is 0.671. The molecule has 2 aromatic rings. The highest BCUT2D eigenvalue weighted by molar-refractivity contribution is 9.11. The number of nitrogens with one attached hydrogen (secondary N) is 2. The summed E-state index contributed by atoms with van der Waals surface area (Å²) in [5.74, 6) is -0.294. The Morgan fingerprint density at radius 1 is 1.39 bits per heavy atom. The summed E-state index contributed by atoms with van der Waals surface area (Å²) in [4.78, 5) is 26.2. The van der Waals surface area contributed by atoms with Crippen molar-refractivity contribution >= 4 is 32.7 Å². The summed E-state index contributed by atoms with van der Waals surface area (Å²) in [7, 11) is 0. The van der Waals surface area contributed by atoms with Gasteiger partial charge < -0.3 is 10.3 Å². The second kappa shape index (κ2) is 5.18. The van der Waals surface area contributed by atoms with E-state index in [0.717, 1.165) is 5.39 Å². The maximum atomic E-state index is 12.0. The molecule has 0 fully saturated rings. The molecule has 0 aliphatic rings. The second-order valence-corrected chi connectivity index (χ2v) is 4.91. The number of hydrogen-bond donors (Lipinski definition) is 2. The van der Waals surface area contributed by atoms with Gasteiger partial charge in [-0.1, -0.05) is 40.7 Å². The van der Waals surface area contributed by atoms with Crippen LogP contribution in [-0.2, 0) is 0 Å². The molecule has 1 aromatic heterocycles. The van der Waals surface area contributed by atoms with Crippen molar-refractivity contribution in [2.45, 2.75) is 0 Å². The molecule has 5 heteroatoms. The van der Waals surface area contributed by atoms with E-state index in [-0.39, 0.29) is 11.5 Å². The first-order chi connectivity index (χ1) is 8.58. The summed E-state index contributed by atoms with van der Waals surface area (Å²) in [6.07, 6.45) is 0. The molecule has 92 valence electrons. The van der Waals surface area contributed by atoms with Crippen LogP contribution in [-0.4, -0.2) is 17.4 Å². The van der Waals surface area contributed by atoms with Gasteiger partial charge in [-0.15, -0.1) is 0 Å². The number of rotatable bonds is 3. The van der Waals surface area contributed by atoms with E-state index in [0.29, 0.717) is 22.1 Å². The lowest BCUT2D eigenvalue weighted by Gasteiger charge is -2.06. The molecule has 0 atom stereocenters. The SMILES string of the molecule is C=C(Br)CNC(=O)c1cc(=O)[nH]c2ccccc12. The number of pyridine rings is 1. The summed E-state index contributed by atoms with van der Waals surface area (Å²) in [6, 6.07) is 8.48. The van der Waals surface area contributed by atoms with Gasteiger partial charge in [0.2, 0.25) is 5.56 Å². The van der Waals surface area contributed by atoms with E-state index in [4.69, 9.17) is 0 Å². The number of hydrogen-bond acceptors (Lipinski definition) is 2. The van der Waals surface area contributed by atoms with Crippen LogP contribution < -0.4 is 10.9 Å². The quantitative estimate of drug-likeness (QED) is 0.913. The average molecular weight is 307 g/mol. The third kappa shape index (κ3) is 2.68. The number of H-pyrrole nitrogens is 1. The number of amides is 1. The molecule has 0 saturated carbocycles. The van der Waals surface area contributed by atoms with E-state index in [2.05, 4.69) is 32.8 Å². The highest BCUT2D eigenvalue weighted by atomic mass is 79.9. The maximum absolute atomic E-state index is 12.0. The van der Waals surface area contributed by atoms with Crippen LogP contribution in [0.1, 0.15) is 10.4 Å². The fraction of sp³-hybridized carbons (Fsp3) is 0.0769. The van der Waals surface area contributed by atoms with E-state index < -0.39 is 0 Å². The molecule has 0 spiro atoms. The highest BCUT2D eigenvalue weighted by Gasteiger charge is 2.10. The van der Waals surface area contributed by atoms with E-state index in [1.54, 1.807) is 18.2 Å². The van der Waals surface area contributed by atoms with Crippen molar-refractivity contribution in [1.29, 1.82) is 0 Å². The molecule has 2 N–H and O–H groups in total. The largest absolute Gasteiger partial charge is 0.347 e. The van der Waals surface area contributed by atoms with Crippen molar-refractivity contribution in [3.05, 3.63) is 57.3 Å². The minimum atomic E-state index is -0.295. The first kappa shape index (κ1) is 12.6. The van der Waals surface area contributed by atoms with Crippen LogP contribution >= 0.6 is 15.9 Å². The number of benzene rings is 1. The lowest BCUT2D eigenvalue weighted by atomic mass is 10.1. The third-order valence-electron chi connectivity index (χ3n) is 2.44. The Balaban J connectivity index is 2.46. The third-order valence-corrected chi connectivity index (χ3v) is 2.72. The summed E-state index contributed by atoms with van der Waals surface area (Å²) in [5, 5.41) is 3.40. The Kier molecular flexibility index (Phi) is 3.62. The fourth-order valence-electron chi connectivity index (χ4n) is 1.66. The van der Waals surface area contributed by atoms with Crippen LogP contribution in [0, 0.1) is 0 Å². The van der Waals surface area contributed by atoms with Crippen LogP contribution in [0.4, 0.5) is 0 Å². The van der Waals surface area contributed by atoms with E-state index >= 15 is 0 Å². The number of halogens is 1. The van der Waals surface area contributed by atoms with Crippen LogP contribution in [0.15, 0.2) is 46.2 Å². The number of aromatic nitrogens is 1. The molecule has 18 heavy (non-hydrogen) atoms. The fourth-order valence-corrected chi connectivity index (χ4v) is 1.80. The molecule has 0 aliphatic carbocycles. The predicted molar refractivity (Wildman–Crippen MR) is 75.0 cm³/mol. The number of aromatic amines is 1. The number of para-hydroxylation sites is 1. The van der Waals surface area contributed by atoms with Gasteiger partial charge in [0.15, 0.2) is 0 Å². The van der Waals surface area contributed by atoms with Gasteiger partial charge in [-0.05, 0) is 6.07 Å². The molecule has 4 nitrogen and oxygen atoms in total. The van der Waals surface area contributed by atoms with Gasteiger partial charge in [0.25, 0.3) is 5.91 Å². The maximum Gasteiger partial charge on any atom is 0.252 e. The minimum Gasteiger partial charge on any atom is -0.347 e. The van der Waals surface area contributed by atoms with Gasteiger partial charge in [0.05, 0.1) is 5.56 Å². The lowest BCUT2D eigenvalue weighted by molar-refractivity contribution is 0.0959. The topological polar surface area (TPSA) is 62.0 Å². The standard InChI is InChI=1S/C13H11BrN2O2/c1-8(14)7-15-13(18)10-6-12(17)16-11-5-3-2-4-9(10)11/h2-6H,1,7H2,(H,15,18)(H,16,17). The molecular weight excluding hydrogens is 296 g/mol.